The van der Waals surface area contributed by atoms with Gasteiger partial charge in [0.2, 0.25) is 5.91 Å². The van der Waals surface area contributed by atoms with E-state index in [4.69, 9.17) is 4.74 Å². The van der Waals surface area contributed by atoms with Crippen molar-refractivity contribution in [1.29, 1.82) is 0 Å². The molecule has 3 aromatic carbocycles. The summed E-state index contributed by atoms with van der Waals surface area (Å²) in [7, 11) is 0. The van der Waals surface area contributed by atoms with Crippen molar-refractivity contribution in [2.24, 2.45) is 0 Å². The van der Waals surface area contributed by atoms with E-state index in [2.05, 4.69) is 10.6 Å². The van der Waals surface area contributed by atoms with E-state index in [9.17, 15) is 14.4 Å². The number of hydrogen-bond acceptors (Lipinski definition) is 4. The minimum absolute atomic E-state index is 0.0819. The Hall–Kier alpha value is -3.87. The molecule has 1 saturated carbocycles. The Bertz CT molecular complexity index is 1280. The fraction of sp³-hybridized carbons (Fsp3) is 0.367. The first-order chi connectivity index (χ1) is 17.6. The molecule has 1 aliphatic carbocycles. The van der Waals surface area contributed by atoms with Crippen LogP contribution in [0, 0.1) is 6.92 Å². The van der Waals surface area contributed by atoms with Crippen LogP contribution in [0.15, 0.2) is 66.7 Å². The lowest BCUT2D eigenvalue weighted by atomic mass is 9.88. The van der Waals surface area contributed by atoms with E-state index in [1.165, 1.54) is 0 Å². The van der Waals surface area contributed by atoms with E-state index >= 15 is 0 Å². The van der Waals surface area contributed by atoms with Crippen LogP contribution in [0.1, 0.15) is 57.2 Å². The summed E-state index contributed by atoms with van der Waals surface area (Å²) >= 11 is 0. The van der Waals surface area contributed by atoms with Gasteiger partial charge in [-0.1, -0.05) is 60.2 Å². The highest BCUT2D eigenvalue weighted by Gasteiger charge is 2.39. The van der Waals surface area contributed by atoms with Crippen LogP contribution in [-0.2, 0) is 14.3 Å². The molecule has 7 nitrogen and oxygen atoms in total. The Balaban J connectivity index is 1.61. The molecule has 3 aromatic rings. The van der Waals surface area contributed by atoms with Crippen molar-refractivity contribution in [3.8, 4) is 0 Å². The summed E-state index contributed by atoms with van der Waals surface area (Å²) in [6, 6.07) is 20.4. The maximum absolute atomic E-state index is 13.8. The number of anilines is 1. The molecular formula is C30H35N3O4. The van der Waals surface area contributed by atoms with E-state index < -0.39 is 17.7 Å². The molecule has 0 aliphatic heterocycles. The van der Waals surface area contributed by atoms with Crippen LogP contribution in [0.4, 0.5) is 10.5 Å². The Morgan fingerprint density at radius 2 is 1.65 bits per heavy atom. The maximum atomic E-state index is 13.8. The number of nitrogens with zero attached hydrogens (tertiary/aromatic N) is 1. The summed E-state index contributed by atoms with van der Waals surface area (Å²) in [5.74, 6) is -0.619. The summed E-state index contributed by atoms with van der Waals surface area (Å²) in [4.78, 5) is 41.2. The van der Waals surface area contributed by atoms with Gasteiger partial charge in [-0.05, 0) is 75.4 Å². The quantitative estimate of drug-likeness (QED) is 0.433. The summed E-state index contributed by atoms with van der Waals surface area (Å²) in [5, 5.41) is 7.69. The van der Waals surface area contributed by atoms with E-state index in [-0.39, 0.29) is 24.4 Å². The van der Waals surface area contributed by atoms with Gasteiger partial charge in [-0.3, -0.25) is 9.59 Å². The molecule has 0 spiro atoms. The molecule has 1 atom stereocenters. The van der Waals surface area contributed by atoms with Crippen molar-refractivity contribution in [3.63, 3.8) is 0 Å². The van der Waals surface area contributed by atoms with Crippen LogP contribution in [0.3, 0.4) is 0 Å². The van der Waals surface area contributed by atoms with Gasteiger partial charge < -0.3 is 20.3 Å². The molecule has 1 fully saturated rings. The standard InChI is InChI=1S/C30H35N3O4/c1-20-12-14-22(15-13-20)27(28(35)32-24-17-16-21-8-5-6-9-23(21)18-24)33(25-10-7-11-25)26(34)19-31-29(36)37-30(2,3)4/h5-6,8-9,12-18,25,27H,7,10-11,19H2,1-4H3,(H,31,36)(H,32,35). The molecule has 1 aliphatic rings. The number of alkyl carbamates (subject to hydrolysis) is 1. The zero-order chi connectivity index (χ0) is 26.6. The minimum Gasteiger partial charge on any atom is -0.444 e. The molecule has 0 aromatic heterocycles. The molecule has 3 amide bonds. The second-order valence-electron chi connectivity index (χ2n) is 10.6. The molecule has 194 valence electrons. The van der Waals surface area contributed by atoms with Gasteiger partial charge in [0, 0.05) is 11.7 Å². The van der Waals surface area contributed by atoms with Crippen molar-refractivity contribution in [2.75, 3.05) is 11.9 Å². The van der Waals surface area contributed by atoms with E-state index in [0.717, 1.165) is 41.2 Å². The lowest BCUT2D eigenvalue weighted by Crippen LogP contribution is -2.53. The molecular weight excluding hydrogens is 466 g/mol. The lowest BCUT2D eigenvalue weighted by molar-refractivity contribution is -0.143. The average Bonchev–Trinajstić information content (AvgIpc) is 2.81. The Kier molecular flexibility index (Phi) is 7.81. The van der Waals surface area contributed by atoms with Gasteiger partial charge in [-0.15, -0.1) is 0 Å². The molecule has 0 saturated heterocycles. The van der Waals surface area contributed by atoms with Gasteiger partial charge in [0.25, 0.3) is 5.91 Å². The molecule has 0 radical (unpaired) electrons. The SMILES string of the molecule is Cc1ccc(C(C(=O)Nc2ccc3ccccc3c2)N(C(=O)CNC(=O)OC(C)(C)C)C2CCC2)cc1. The number of amides is 3. The van der Waals surface area contributed by atoms with Crippen molar-refractivity contribution < 1.29 is 19.1 Å². The highest BCUT2D eigenvalue weighted by molar-refractivity contribution is 6.00. The van der Waals surface area contributed by atoms with Gasteiger partial charge in [-0.2, -0.15) is 0 Å². The Morgan fingerprint density at radius 3 is 2.27 bits per heavy atom. The monoisotopic (exact) mass is 501 g/mol. The lowest BCUT2D eigenvalue weighted by Gasteiger charge is -2.42. The molecule has 0 bridgehead atoms. The van der Waals surface area contributed by atoms with Crippen molar-refractivity contribution in [2.45, 2.75) is 64.6 Å². The maximum Gasteiger partial charge on any atom is 0.408 e. The Morgan fingerprint density at radius 1 is 0.973 bits per heavy atom. The molecule has 0 heterocycles. The van der Waals surface area contributed by atoms with Crippen LogP contribution in [0.25, 0.3) is 10.8 Å². The van der Waals surface area contributed by atoms with Crippen LogP contribution in [0.5, 0.6) is 0 Å². The number of benzene rings is 3. The fourth-order valence-electron chi connectivity index (χ4n) is 4.44. The van der Waals surface area contributed by atoms with Gasteiger partial charge in [0.15, 0.2) is 0 Å². The predicted octanol–water partition coefficient (Wildman–Crippen LogP) is 5.73. The summed E-state index contributed by atoms with van der Waals surface area (Å²) in [6.07, 6.45) is 1.94. The zero-order valence-corrected chi connectivity index (χ0v) is 21.9. The number of carbonyl (C=O) groups is 3. The number of rotatable bonds is 7. The molecule has 1 unspecified atom stereocenters. The topological polar surface area (TPSA) is 87.7 Å². The summed E-state index contributed by atoms with van der Waals surface area (Å²) < 4.78 is 5.29. The molecule has 7 heteroatoms. The third-order valence-electron chi connectivity index (χ3n) is 6.48. The second kappa shape index (κ2) is 11.0. The van der Waals surface area contributed by atoms with Crippen molar-refractivity contribution in [1.82, 2.24) is 10.2 Å². The molecule has 37 heavy (non-hydrogen) atoms. The first-order valence-electron chi connectivity index (χ1n) is 12.7. The minimum atomic E-state index is -0.842. The first kappa shape index (κ1) is 26.2. The van der Waals surface area contributed by atoms with Crippen LogP contribution in [0.2, 0.25) is 0 Å². The predicted molar refractivity (Wildman–Crippen MR) is 145 cm³/mol. The van der Waals surface area contributed by atoms with Gasteiger partial charge in [-0.25, -0.2) is 4.79 Å². The summed E-state index contributed by atoms with van der Waals surface area (Å²) in [6.45, 7) is 7.02. The van der Waals surface area contributed by atoms with Gasteiger partial charge in [0.1, 0.15) is 18.2 Å². The van der Waals surface area contributed by atoms with Crippen LogP contribution in [-0.4, -0.2) is 41.0 Å². The normalized spacial score (nSPS) is 14.4. The third-order valence-corrected chi connectivity index (χ3v) is 6.48. The number of aryl methyl sites for hydroxylation is 1. The number of nitrogens with one attached hydrogen (secondary N) is 2. The van der Waals surface area contributed by atoms with Gasteiger partial charge >= 0.3 is 6.09 Å². The summed E-state index contributed by atoms with van der Waals surface area (Å²) in [5.41, 5.74) is 1.77. The van der Waals surface area contributed by atoms with Crippen molar-refractivity contribution in [3.05, 3.63) is 77.9 Å². The van der Waals surface area contributed by atoms with E-state index in [1.807, 2.05) is 73.7 Å². The van der Waals surface area contributed by atoms with Crippen LogP contribution < -0.4 is 10.6 Å². The highest BCUT2D eigenvalue weighted by Crippen LogP contribution is 2.34. The molecule has 4 rings (SSSR count). The van der Waals surface area contributed by atoms with E-state index in [0.29, 0.717) is 5.69 Å². The first-order valence-corrected chi connectivity index (χ1v) is 12.7. The fourth-order valence-corrected chi connectivity index (χ4v) is 4.44. The van der Waals surface area contributed by atoms with Crippen molar-refractivity contribution >= 4 is 34.4 Å². The number of hydrogen-bond donors (Lipinski definition) is 2. The largest absolute Gasteiger partial charge is 0.444 e. The number of fused-ring (bicyclic) bond motifs is 1. The van der Waals surface area contributed by atoms with Crippen LogP contribution >= 0.6 is 0 Å². The third kappa shape index (κ3) is 6.67. The number of ether oxygens (including phenoxy) is 1. The smallest absolute Gasteiger partial charge is 0.408 e. The Labute approximate surface area is 218 Å². The highest BCUT2D eigenvalue weighted by atomic mass is 16.6. The zero-order valence-electron chi connectivity index (χ0n) is 21.9. The average molecular weight is 502 g/mol. The second-order valence-corrected chi connectivity index (χ2v) is 10.6. The van der Waals surface area contributed by atoms with Gasteiger partial charge in [0.05, 0.1) is 0 Å². The number of carbonyl (C=O) groups excluding carboxylic acids is 3. The molecule has 2 N–H and O–H groups in total. The van der Waals surface area contributed by atoms with E-state index in [1.54, 1.807) is 25.7 Å².